The summed E-state index contributed by atoms with van der Waals surface area (Å²) in [5, 5.41) is 2.93. The average Bonchev–Trinajstić information content (AvgIpc) is 3.36. The number of urea groups is 1. The normalized spacial score (nSPS) is 17.7. The number of likely N-dealkylation sites (tertiary alicyclic amines) is 1. The van der Waals surface area contributed by atoms with Crippen LogP contribution in [-0.2, 0) is 0 Å². The average molecular weight is 370 g/mol. The fourth-order valence-corrected chi connectivity index (χ4v) is 3.56. The summed E-state index contributed by atoms with van der Waals surface area (Å²) < 4.78 is 21.5. The summed E-state index contributed by atoms with van der Waals surface area (Å²) in [6.45, 7) is 1.61. The van der Waals surface area contributed by atoms with Crippen LogP contribution >= 0.6 is 0 Å². The van der Waals surface area contributed by atoms with Crippen molar-refractivity contribution in [3.05, 3.63) is 42.0 Å². The summed E-state index contributed by atoms with van der Waals surface area (Å²) >= 11 is 0. The number of amides is 2. The molecule has 0 saturated carbocycles. The quantitative estimate of drug-likeness (QED) is 0.893. The minimum atomic E-state index is -0.148. The maximum absolute atomic E-state index is 12.7. The first-order valence-electron chi connectivity index (χ1n) is 8.86. The van der Waals surface area contributed by atoms with E-state index < -0.39 is 0 Å². The molecule has 7 heteroatoms. The number of nitrogens with zero attached hydrogens (tertiary/aromatic N) is 1. The first kappa shape index (κ1) is 17.3. The molecule has 1 unspecified atom stereocenters. The number of anilines is 1. The van der Waals surface area contributed by atoms with Gasteiger partial charge < -0.3 is 29.2 Å². The molecule has 0 spiro atoms. The second kappa shape index (κ2) is 7.26. The van der Waals surface area contributed by atoms with Crippen molar-refractivity contribution in [1.82, 2.24) is 4.90 Å². The maximum atomic E-state index is 12.7. The highest BCUT2D eigenvalue weighted by molar-refractivity contribution is 5.91. The van der Waals surface area contributed by atoms with Gasteiger partial charge in [0.05, 0.1) is 19.9 Å². The van der Waals surface area contributed by atoms with Crippen LogP contribution < -0.4 is 24.3 Å². The molecule has 2 aliphatic rings. The molecule has 142 valence electrons. The number of benzene rings is 2. The van der Waals surface area contributed by atoms with Gasteiger partial charge >= 0.3 is 6.03 Å². The molecule has 0 bridgehead atoms. The highest BCUT2D eigenvalue weighted by Crippen LogP contribution is 2.38. The first-order valence-corrected chi connectivity index (χ1v) is 8.86. The van der Waals surface area contributed by atoms with Gasteiger partial charge in [0.1, 0.15) is 0 Å². The Labute approximate surface area is 157 Å². The Bertz CT molecular complexity index is 854. The Morgan fingerprint density at radius 2 is 2.00 bits per heavy atom. The fourth-order valence-electron chi connectivity index (χ4n) is 3.56. The second-order valence-corrected chi connectivity index (χ2v) is 6.52. The van der Waals surface area contributed by atoms with Crippen LogP contribution in [-0.4, -0.2) is 45.0 Å². The van der Waals surface area contributed by atoms with Gasteiger partial charge in [0.15, 0.2) is 23.0 Å². The Morgan fingerprint density at radius 1 is 1.15 bits per heavy atom. The van der Waals surface area contributed by atoms with Crippen molar-refractivity contribution in [3.63, 3.8) is 0 Å². The highest BCUT2D eigenvalue weighted by atomic mass is 16.7. The van der Waals surface area contributed by atoms with E-state index >= 15 is 0 Å². The molecule has 1 N–H and O–H groups in total. The zero-order valence-corrected chi connectivity index (χ0v) is 15.4. The number of hydrogen-bond acceptors (Lipinski definition) is 5. The molecule has 7 nitrogen and oxygen atoms in total. The molecular formula is C20H22N2O5. The summed E-state index contributed by atoms with van der Waals surface area (Å²) in [6.07, 6.45) is 0.905. The smallest absolute Gasteiger partial charge is 0.321 e. The fraction of sp³-hybridized carbons (Fsp3) is 0.350. The lowest BCUT2D eigenvalue weighted by molar-refractivity contribution is 0.174. The van der Waals surface area contributed by atoms with Crippen LogP contribution in [0.1, 0.15) is 17.9 Å². The Morgan fingerprint density at radius 3 is 2.81 bits per heavy atom. The van der Waals surface area contributed by atoms with Gasteiger partial charge in [0.25, 0.3) is 0 Å². The summed E-state index contributed by atoms with van der Waals surface area (Å²) in [4.78, 5) is 14.5. The Hall–Kier alpha value is -3.09. The molecule has 1 fully saturated rings. The van der Waals surface area contributed by atoms with Crippen LogP contribution in [0.3, 0.4) is 0 Å². The number of rotatable bonds is 4. The van der Waals surface area contributed by atoms with Crippen LogP contribution in [0.5, 0.6) is 23.0 Å². The van der Waals surface area contributed by atoms with Gasteiger partial charge in [-0.15, -0.1) is 0 Å². The van der Waals surface area contributed by atoms with E-state index in [1.807, 2.05) is 29.2 Å². The van der Waals surface area contributed by atoms with Gasteiger partial charge in [-0.05, 0) is 36.2 Å². The van der Waals surface area contributed by atoms with Gasteiger partial charge in [-0.2, -0.15) is 0 Å². The number of fused-ring (bicyclic) bond motifs is 1. The molecule has 4 rings (SSSR count). The summed E-state index contributed by atoms with van der Waals surface area (Å²) in [5.74, 6) is 2.92. The van der Waals surface area contributed by atoms with Crippen LogP contribution in [0.15, 0.2) is 36.4 Å². The van der Waals surface area contributed by atoms with Crippen molar-refractivity contribution in [2.75, 3.05) is 39.4 Å². The van der Waals surface area contributed by atoms with E-state index in [-0.39, 0.29) is 18.7 Å². The second-order valence-electron chi connectivity index (χ2n) is 6.52. The third kappa shape index (κ3) is 3.32. The highest BCUT2D eigenvalue weighted by Gasteiger charge is 2.29. The molecule has 2 aliphatic heterocycles. The van der Waals surface area contributed by atoms with E-state index in [4.69, 9.17) is 18.9 Å². The van der Waals surface area contributed by atoms with Gasteiger partial charge in [-0.1, -0.05) is 12.1 Å². The summed E-state index contributed by atoms with van der Waals surface area (Å²) in [5.41, 5.74) is 1.75. The lowest BCUT2D eigenvalue weighted by Gasteiger charge is -2.19. The predicted octanol–water partition coefficient (Wildman–Crippen LogP) is 3.45. The molecule has 2 amide bonds. The third-order valence-corrected chi connectivity index (χ3v) is 4.99. The minimum Gasteiger partial charge on any atom is -0.493 e. The van der Waals surface area contributed by atoms with E-state index in [9.17, 15) is 4.79 Å². The molecule has 0 aromatic heterocycles. The molecule has 27 heavy (non-hydrogen) atoms. The largest absolute Gasteiger partial charge is 0.493 e. The van der Waals surface area contributed by atoms with E-state index in [2.05, 4.69) is 5.32 Å². The zero-order chi connectivity index (χ0) is 18.8. The van der Waals surface area contributed by atoms with Crippen molar-refractivity contribution < 1.29 is 23.7 Å². The predicted molar refractivity (Wildman–Crippen MR) is 100 cm³/mol. The van der Waals surface area contributed by atoms with Crippen molar-refractivity contribution >= 4 is 11.7 Å². The van der Waals surface area contributed by atoms with Gasteiger partial charge in [0.2, 0.25) is 6.79 Å². The SMILES string of the molecule is COc1cccc(NC(=O)N2CCC(c3ccc4c(c3)OCO4)C2)c1OC. The first-order chi connectivity index (χ1) is 13.2. The van der Waals surface area contributed by atoms with Gasteiger partial charge in [-0.3, -0.25) is 0 Å². The maximum Gasteiger partial charge on any atom is 0.321 e. The molecule has 2 heterocycles. The number of carbonyl (C=O) groups is 1. The van der Waals surface area contributed by atoms with E-state index in [0.717, 1.165) is 23.5 Å². The topological polar surface area (TPSA) is 69.3 Å². The van der Waals surface area contributed by atoms with E-state index in [0.29, 0.717) is 30.3 Å². The van der Waals surface area contributed by atoms with Gasteiger partial charge in [-0.25, -0.2) is 4.79 Å². The van der Waals surface area contributed by atoms with Crippen molar-refractivity contribution in [1.29, 1.82) is 0 Å². The number of ether oxygens (including phenoxy) is 4. The molecule has 0 radical (unpaired) electrons. The van der Waals surface area contributed by atoms with Gasteiger partial charge in [0, 0.05) is 19.0 Å². The van der Waals surface area contributed by atoms with Crippen LogP contribution in [0.2, 0.25) is 0 Å². The van der Waals surface area contributed by atoms with Crippen LogP contribution in [0.4, 0.5) is 10.5 Å². The number of carbonyl (C=O) groups excluding carboxylic acids is 1. The standard InChI is InChI=1S/C20H22N2O5/c1-24-17-5-3-4-15(19(17)25-2)21-20(23)22-9-8-14(11-22)13-6-7-16-18(10-13)27-12-26-16/h3-7,10,14H,8-9,11-12H2,1-2H3,(H,21,23). The molecule has 2 aromatic rings. The van der Waals surface area contributed by atoms with Crippen molar-refractivity contribution in [2.24, 2.45) is 0 Å². The molecule has 1 saturated heterocycles. The third-order valence-electron chi connectivity index (χ3n) is 4.99. The number of hydrogen-bond donors (Lipinski definition) is 1. The monoisotopic (exact) mass is 370 g/mol. The Kier molecular flexibility index (Phi) is 4.66. The number of methoxy groups -OCH3 is 2. The van der Waals surface area contributed by atoms with Crippen molar-refractivity contribution in [3.8, 4) is 23.0 Å². The van der Waals surface area contributed by atoms with Crippen molar-refractivity contribution in [2.45, 2.75) is 12.3 Å². The molecule has 1 atom stereocenters. The Balaban J connectivity index is 1.44. The van der Waals surface area contributed by atoms with Crippen LogP contribution in [0.25, 0.3) is 0 Å². The molecule has 2 aromatic carbocycles. The van der Waals surface area contributed by atoms with E-state index in [1.165, 1.54) is 0 Å². The summed E-state index contributed by atoms with van der Waals surface area (Å²) in [6, 6.07) is 11.2. The van der Waals surface area contributed by atoms with E-state index in [1.54, 1.807) is 26.4 Å². The molecular weight excluding hydrogens is 348 g/mol. The number of para-hydroxylation sites is 1. The minimum absolute atomic E-state index is 0.148. The van der Waals surface area contributed by atoms with Crippen LogP contribution in [0, 0.1) is 0 Å². The number of nitrogens with one attached hydrogen (secondary N) is 1. The molecule has 0 aliphatic carbocycles. The lowest BCUT2D eigenvalue weighted by Crippen LogP contribution is -2.32. The zero-order valence-electron chi connectivity index (χ0n) is 15.4. The summed E-state index contributed by atoms with van der Waals surface area (Å²) in [7, 11) is 3.12. The lowest BCUT2D eigenvalue weighted by atomic mass is 9.98.